The van der Waals surface area contributed by atoms with Crippen LogP contribution in [-0.2, 0) is 4.74 Å². The maximum Gasteiger partial charge on any atom is 0.410 e. The second kappa shape index (κ2) is 7.35. The lowest BCUT2D eigenvalue weighted by Crippen LogP contribution is -2.36. The number of ether oxygens (including phenoxy) is 1. The van der Waals surface area contributed by atoms with Crippen molar-refractivity contribution in [2.45, 2.75) is 45.8 Å². The number of hydrogen-bond acceptors (Lipinski definition) is 6. The number of nitrogens with one attached hydrogen (secondary N) is 1. The highest BCUT2D eigenvalue weighted by atomic mass is 16.6. The molecule has 1 aliphatic rings. The lowest BCUT2D eigenvalue weighted by molar-refractivity contribution is 0.0293. The minimum absolute atomic E-state index is 0.147. The Bertz CT molecular complexity index is 1010. The molecule has 0 spiro atoms. The van der Waals surface area contributed by atoms with Gasteiger partial charge in [-0.2, -0.15) is 0 Å². The molecule has 0 bridgehead atoms. The first-order chi connectivity index (χ1) is 13.8. The van der Waals surface area contributed by atoms with E-state index in [0.29, 0.717) is 18.9 Å². The number of carbonyl (C=O) groups is 1. The number of amides is 1. The predicted octanol–water partition coefficient (Wildman–Crippen LogP) is 3.52. The summed E-state index contributed by atoms with van der Waals surface area (Å²) in [6.07, 6.45) is 2.47. The molecule has 1 N–H and O–H groups in total. The summed E-state index contributed by atoms with van der Waals surface area (Å²) in [7, 11) is 0. The summed E-state index contributed by atoms with van der Waals surface area (Å²) in [6.45, 7) is 8.86. The van der Waals surface area contributed by atoms with Crippen molar-refractivity contribution in [3.8, 4) is 11.4 Å². The summed E-state index contributed by atoms with van der Waals surface area (Å²) >= 11 is 0. The summed E-state index contributed by atoms with van der Waals surface area (Å²) in [4.78, 5) is 23.2. The van der Waals surface area contributed by atoms with Crippen molar-refractivity contribution in [1.82, 2.24) is 24.5 Å². The lowest BCUT2D eigenvalue weighted by Gasteiger charge is -2.24. The van der Waals surface area contributed by atoms with Gasteiger partial charge in [-0.25, -0.2) is 19.3 Å². The highest BCUT2D eigenvalue weighted by Gasteiger charge is 2.30. The molecule has 8 nitrogen and oxygen atoms in total. The van der Waals surface area contributed by atoms with E-state index in [4.69, 9.17) is 4.74 Å². The molecule has 1 fully saturated rings. The van der Waals surface area contributed by atoms with E-state index in [1.807, 2.05) is 64.2 Å². The third-order valence-corrected chi connectivity index (χ3v) is 4.76. The predicted molar refractivity (Wildman–Crippen MR) is 111 cm³/mol. The highest BCUT2D eigenvalue weighted by Crippen LogP contribution is 2.23. The van der Waals surface area contributed by atoms with Crippen LogP contribution in [0.2, 0.25) is 0 Å². The van der Waals surface area contributed by atoms with E-state index >= 15 is 0 Å². The van der Waals surface area contributed by atoms with Crippen molar-refractivity contribution in [2.24, 2.45) is 0 Å². The number of aryl methyl sites for hydroxylation is 1. The van der Waals surface area contributed by atoms with Crippen LogP contribution in [0, 0.1) is 6.92 Å². The van der Waals surface area contributed by atoms with Crippen LogP contribution in [0.15, 0.2) is 36.5 Å². The summed E-state index contributed by atoms with van der Waals surface area (Å²) in [5, 5.41) is 7.95. The maximum absolute atomic E-state index is 12.2. The van der Waals surface area contributed by atoms with Gasteiger partial charge in [0.25, 0.3) is 0 Å². The van der Waals surface area contributed by atoms with Gasteiger partial charge in [0.2, 0.25) is 0 Å². The van der Waals surface area contributed by atoms with Crippen LogP contribution in [-0.4, -0.2) is 55.3 Å². The number of rotatable bonds is 3. The number of carbonyl (C=O) groups excluding carboxylic acids is 1. The van der Waals surface area contributed by atoms with E-state index in [1.165, 1.54) is 0 Å². The molecule has 4 heterocycles. The van der Waals surface area contributed by atoms with E-state index < -0.39 is 5.60 Å². The Morgan fingerprint density at radius 3 is 2.76 bits per heavy atom. The standard InChI is InChI=1S/C21H26N6O2/c1-14-16(19-24-18-7-5-6-11-27(18)25-19)8-9-17(22-14)23-15-10-12-26(13-15)20(28)29-21(2,3)4/h5-9,11,15H,10,12-13H2,1-4H3,(H,22,23)/t15-/m0/s1. The Morgan fingerprint density at radius 2 is 2.03 bits per heavy atom. The largest absolute Gasteiger partial charge is 0.444 e. The van der Waals surface area contributed by atoms with Gasteiger partial charge in [0.15, 0.2) is 11.5 Å². The molecule has 3 aromatic rings. The molecular formula is C21H26N6O2. The van der Waals surface area contributed by atoms with E-state index in [-0.39, 0.29) is 12.1 Å². The Kier molecular flexibility index (Phi) is 4.86. The van der Waals surface area contributed by atoms with Crippen molar-refractivity contribution in [3.05, 3.63) is 42.2 Å². The first-order valence-corrected chi connectivity index (χ1v) is 9.82. The number of likely N-dealkylation sites (tertiary alicyclic amines) is 1. The van der Waals surface area contributed by atoms with E-state index in [2.05, 4.69) is 20.4 Å². The molecule has 29 heavy (non-hydrogen) atoms. The zero-order chi connectivity index (χ0) is 20.6. The maximum atomic E-state index is 12.2. The van der Waals surface area contributed by atoms with Crippen molar-refractivity contribution in [3.63, 3.8) is 0 Å². The van der Waals surface area contributed by atoms with Crippen LogP contribution in [0.5, 0.6) is 0 Å². The average Bonchev–Trinajstić information content (AvgIpc) is 3.27. The average molecular weight is 394 g/mol. The van der Waals surface area contributed by atoms with Crippen LogP contribution >= 0.6 is 0 Å². The molecule has 3 aromatic heterocycles. The van der Waals surface area contributed by atoms with Gasteiger partial charge in [-0.3, -0.25) is 0 Å². The normalized spacial score (nSPS) is 17.0. The summed E-state index contributed by atoms with van der Waals surface area (Å²) in [5.74, 6) is 1.44. The van der Waals surface area contributed by atoms with E-state index in [9.17, 15) is 4.79 Å². The zero-order valence-electron chi connectivity index (χ0n) is 17.2. The second-order valence-corrected chi connectivity index (χ2v) is 8.32. The summed E-state index contributed by atoms with van der Waals surface area (Å²) in [5.41, 5.74) is 2.08. The van der Waals surface area contributed by atoms with Crippen molar-refractivity contribution >= 4 is 17.6 Å². The molecule has 0 radical (unpaired) electrons. The Hall–Kier alpha value is -3.16. The van der Waals surface area contributed by atoms with Crippen LogP contribution in [0.1, 0.15) is 32.9 Å². The molecule has 0 unspecified atom stereocenters. The van der Waals surface area contributed by atoms with Gasteiger partial charge in [-0.15, -0.1) is 5.10 Å². The highest BCUT2D eigenvalue weighted by molar-refractivity contribution is 5.69. The van der Waals surface area contributed by atoms with Crippen molar-refractivity contribution in [2.75, 3.05) is 18.4 Å². The number of hydrogen-bond donors (Lipinski definition) is 1. The molecule has 1 amide bonds. The molecular weight excluding hydrogens is 368 g/mol. The molecule has 8 heteroatoms. The third-order valence-electron chi connectivity index (χ3n) is 4.76. The van der Waals surface area contributed by atoms with Gasteiger partial charge in [0.1, 0.15) is 11.4 Å². The number of anilines is 1. The Morgan fingerprint density at radius 1 is 1.21 bits per heavy atom. The topological polar surface area (TPSA) is 84.7 Å². The SMILES string of the molecule is Cc1nc(N[C@H]2CCN(C(=O)OC(C)(C)C)C2)ccc1-c1nc2ccccn2n1. The molecule has 0 aliphatic carbocycles. The third kappa shape index (κ3) is 4.31. The molecule has 1 aliphatic heterocycles. The van der Waals surface area contributed by atoms with Crippen molar-refractivity contribution in [1.29, 1.82) is 0 Å². The quantitative estimate of drug-likeness (QED) is 0.732. The van der Waals surface area contributed by atoms with Crippen LogP contribution < -0.4 is 5.32 Å². The van der Waals surface area contributed by atoms with Gasteiger partial charge in [0, 0.05) is 30.9 Å². The second-order valence-electron chi connectivity index (χ2n) is 8.32. The number of pyridine rings is 2. The molecule has 0 aromatic carbocycles. The smallest absolute Gasteiger partial charge is 0.410 e. The zero-order valence-corrected chi connectivity index (χ0v) is 17.2. The molecule has 152 valence electrons. The monoisotopic (exact) mass is 394 g/mol. The van der Waals surface area contributed by atoms with Gasteiger partial charge in [-0.05, 0) is 58.4 Å². The lowest BCUT2D eigenvalue weighted by atomic mass is 10.2. The fourth-order valence-electron chi connectivity index (χ4n) is 3.40. The minimum atomic E-state index is -0.483. The van der Waals surface area contributed by atoms with E-state index in [1.54, 1.807) is 9.42 Å². The number of fused-ring (bicyclic) bond motifs is 1. The van der Waals surface area contributed by atoms with Crippen LogP contribution in [0.25, 0.3) is 17.0 Å². The van der Waals surface area contributed by atoms with Crippen LogP contribution in [0.4, 0.5) is 10.6 Å². The summed E-state index contributed by atoms with van der Waals surface area (Å²) < 4.78 is 7.21. The Labute approximate surface area is 169 Å². The summed E-state index contributed by atoms with van der Waals surface area (Å²) in [6, 6.07) is 9.85. The first kappa shape index (κ1) is 19.2. The van der Waals surface area contributed by atoms with Crippen LogP contribution in [0.3, 0.4) is 0 Å². The fourth-order valence-corrected chi connectivity index (χ4v) is 3.40. The molecule has 1 saturated heterocycles. The van der Waals surface area contributed by atoms with Gasteiger partial charge < -0.3 is 15.0 Å². The van der Waals surface area contributed by atoms with E-state index in [0.717, 1.165) is 29.1 Å². The number of aromatic nitrogens is 4. The Balaban J connectivity index is 1.43. The van der Waals surface area contributed by atoms with Gasteiger partial charge >= 0.3 is 6.09 Å². The van der Waals surface area contributed by atoms with Gasteiger partial charge in [0.05, 0.1) is 5.69 Å². The molecule has 1 atom stereocenters. The first-order valence-electron chi connectivity index (χ1n) is 9.82. The van der Waals surface area contributed by atoms with Crippen molar-refractivity contribution < 1.29 is 9.53 Å². The number of nitrogens with zero attached hydrogens (tertiary/aromatic N) is 5. The molecule has 0 saturated carbocycles. The minimum Gasteiger partial charge on any atom is -0.444 e. The fraction of sp³-hybridized carbons (Fsp3) is 0.429. The van der Waals surface area contributed by atoms with Gasteiger partial charge in [-0.1, -0.05) is 6.07 Å². The molecule has 4 rings (SSSR count).